The lowest BCUT2D eigenvalue weighted by Gasteiger charge is -2.13. The van der Waals surface area contributed by atoms with Gasteiger partial charge in [0.05, 0.1) is 11.1 Å². The number of halogens is 4. The predicted octanol–water partition coefficient (Wildman–Crippen LogP) is 4.03. The van der Waals surface area contributed by atoms with E-state index >= 15 is 0 Å². The fraction of sp³-hybridized carbons (Fsp3) is 0.143. The van der Waals surface area contributed by atoms with Crippen LogP contribution in [0.1, 0.15) is 17.2 Å². The Morgan fingerprint density at radius 3 is 2.32 bits per heavy atom. The van der Waals surface area contributed by atoms with Crippen LogP contribution in [0.5, 0.6) is 0 Å². The largest absolute Gasteiger partial charge is 0.388 e. The number of aliphatic hydroxyl groups excluding tert-OH is 1. The first-order valence-electron chi connectivity index (χ1n) is 5.54. The van der Waals surface area contributed by atoms with Gasteiger partial charge in [0.15, 0.2) is 0 Å². The molecule has 19 heavy (non-hydrogen) atoms. The van der Waals surface area contributed by atoms with Gasteiger partial charge in [-0.2, -0.15) is 0 Å². The van der Waals surface area contributed by atoms with Crippen molar-refractivity contribution in [2.75, 3.05) is 0 Å². The number of aliphatic hydroxyl groups is 1. The van der Waals surface area contributed by atoms with Gasteiger partial charge in [-0.1, -0.05) is 23.7 Å². The highest BCUT2D eigenvalue weighted by Crippen LogP contribution is 2.26. The quantitative estimate of drug-likeness (QED) is 0.903. The highest BCUT2D eigenvalue weighted by atomic mass is 35.5. The Balaban J connectivity index is 2.25. The summed E-state index contributed by atoms with van der Waals surface area (Å²) in [4.78, 5) is 0. The Morgan fingerprint density at radius 1 is 1.05 bits per heavy atom. The van der Waals surface area contributed by atoms with Crippen molar-refractivity contribution in [1.29, 1.82) is 0 Å². The third-order valence-corrected chi connectivity index (χ3v) is 2.98. The summed E-state index contributed by atoms with van der Waals surface area (Å²) < 4.78 is 39.7. The molecule has 100 valence electrons. The van der Waals surface area contributed by atoms with Crippen molar-refractivity contribution in [3.05, 3.63) is 70.0 Å². The Bertz CT molecular complexity index is 581. The molecule has 0 bridgehead atoms. The molecular weight excluding hydrogens is 277 g/mol. The molecule has 0 aliphatic carbocycles. The average Bonchev–Trinajstić information content (AvgIpc) is 2.31. The summed E-state index contributed by atoms with van der Waals surface area (Å²) in [6.07, 6.45) is -1.33. The van der Waals surface area contributed by atoms with E-state index in [0.29, 0.717) is 0 Å². The molecule has 0 saturated heterocycles. The first kappa shape index (κ1) is 13.9. The van der Waals surface area contributed by atoms with Gasteiger partial charge in [0, 0.05) is 18.1 Å². The summed E-state index contributed by atoms with van der Waals surface area (Å²) in [6, 6.07) is 7.14. The first-order valence-corrected chi connectivity index (χ1v) is 5.92. The molecule has 1 atom stereocenters. The van der Waals surface area contributed by atoms with Gasteiger partial charge in [0.25, 0.3) is 0 Å². The van der Waals surface area contributed by atoms with Crippen molar-refractivity contribution < 1.29 is 18.3 Å². The molecule has 0 aliphatic heterocycles. The molecule has 0 aromatic heterocycles. The average molecular weight is 287 g/mol. The Hall–Kier alpha value is -1.52. The van der Waals surface area contributed by atoms with E-state index in [0.717, 1.165) is 18.2 Å². The van der Waals surface area contributed by atoms with Crippen LogP contribution < -0.4 is 0 Å². The second kappa shape index (κ2) is 5.63. The first-order chi connectivity index (χ1) is 8.97. The highest BCUT2D eigenvalue weighted by Gasteiger charge is 2.16. The fourth-order valence-corrected chi connectivity index (χ4v) is 2.02. The van der Waals surface area contributed by atoms with Crippen LogP contribution in [0, 0.1) is 17.5 Å². The monoisotopic (exact) mass is 286 g/mol. The van der Waals surface area contributed by atoms with Crippen LogP contribution in [0.2, 0.25) is 5.02 Å². The van der Waals surface area contributed by atoms with Crippen LogP contribution in [0.15, 0.2) is 36.4 Å². The summed E-state index contributed by atoms with van der Waals surface area (Å²) in [5.41, 5.74) is 0.238. The Kier molecular flexibility index (Phi) is 4.12. The molecule has 2 aromatic carbocycles. The van der Waals surface area contributed by atoms with E-state index in [2.05, 4.69) is 0 Å². The zero-order valence-corrected chi connectivity index (χ0v) is 10.5. The second-order valence-corrected chi connectivity index (χ2v) is 4.55. The lowest BCUT2D eigenvalue weighted by Crippen LogP contribution is -2.05. The maximum absolute atomic E-state index is 13.7. The van der Waals surface area contributed by atoms with E-state index in [9.17, 15) is 18.3 Å². The topological polar surface area (TPSA) is 20.2 Å². The van der Waals surface area contributed by atoms with Crippen molar-refractivity contribution in [3.63, 3.8) is 0 Å². The van der Waals surface area contributed by atoms with Crippen LogP contribution in [-0.4, -0.2) is 5.11 Å². The molecule has 2 aromatic rings. The van der Waals surface area contributed by atoms with Gasteiger partial charge >= 0.3 is 0 Å². The van der Waals surface area contributed by atoms with Gasteiger partial charge < -0.3 is 5.11 Å². The molecule has 0 aliphatic rings. The lowest BCUT2D eigenvalue weighted by molar-refractivity contribution is 0.173. The summed E-state index contributed by atoms with van der Waals surface area (Å²) in [7, 11) is 0. The van der Waals surface area contributed by atoms with Gasteiger partial charge in [-0.25, -0.2) is 13.2 Å². The third kappa shape index (κ3) is 3.28. The predicted molar refractivity (Wildman–Crippen MR) is 66.4 cm³/mol. The van der Waals surface area contributed by atoms with Crippen LogP contribution >= 0.6 is 11.6 Å². The molecule has 0 spiro atoms. The van der Waals surface area contributed by atoms with Gasteiger partial charge in [-0.3, -0.25) is 0 Å². The molecule has 0 heterocycles. The minimum Gasteiger partial charge on any atom is -0.388 e. The van der Waals surface area contributed by atoms with Gasteiger partial charge in [0.2, 0.25) is 0 Å². The molecule has 2 rings (SSSR count). The minimum absolute atomic E-state index is 0.00262. The van der Waals surface area contributed by atoms with E-state index in [-0.39, 0.29) is 22.6 Å². The maximum Gasteiger partial charge on any atom is 0.147 e. The molecule has 1 N–H and O–H groups in total. The minimum atomic E-state index is -1.22. The standard InChI is InChI=1S/C14H10ClF3O/c15-12-3-1-2-11(14(12)18)13(19)6-8-4-9(16)7-10(17)5-8/h1-5,7,13,19H,6H2. The van der Waals surface area contributed by atoms with Gasteiger partial charge in [-0.05, 0) is 23.8 Å². The van der Waals surface area contributed by atoms with Crippen molar-refractivity contribution >= 4 is 11.6 Å². The third-order valence-electron chi connectivity index (χ3n) is 2.69. The van der Waals surface area contributed by atoms with Crippen LogP contribution in [-0.2, 0) is 6.42 Å². The molecule has 5 heteroatoms. The van der Waals surface area contributed by atoms with Crippen LogP contribution in [0.25, 0.3) is 0 Å². The second-order valence-electron chi connectivity index (χ2n) is 4.14. The molecule has 0 amide bonds. The van der Waals surface area contributed by atoms with E-state index in [1.54, 1.807) is 0 Å². The maximum atomic E-state index is 13.7. The van der Waals surface area contributed by atoms with Crippen molar-refractivity contribution in [2.45, 2.75) is 12.5 Å². The summed E-state index contributed by atoms with van der Waals surface area (Å²) in [6.45, 7) is 0. The van der Waals surface area contributed by atoms with E-state index in [4.69, 9.17) is 11.6 Å². The van der Waals surface area contributed by atoms with Crippen LogP contribution in [0.3, 0.4) is 0 Å². The molecular formula is C14H10ClF3O. The molecule has 0 fully saturated rings. The van der Waals surface area contributed by atoms with Crippen LogP contribution in [0.4, 0.5) is 13.2 Å². The number of rotatable bonds is 3. The van der Waals surface area contributed by atoms with E-state index in [1.807, 2.05) is 0 Å². The van der Waals surface area contributed by atoms with Crippen molar-refractivity contribution in [2.24, 2.45) is 0 Å². The molecule has 0 saturated carbocycles. The Morgan fingerprint density at radius 2 is 1.68 bits per heavy atom. The number of hydrogen-bond donors (Lipinski definition) is 1. The van der Waals surface area contributed by atoms with Crippen molar-refractivity contribution in [1.82, 2.24) is 0 Å². The SMILES string of the molecule is OC(Cc1cc(F)cc(F)c1)c1cccc(Cl)c1F. The van der Waals surface area contributed by atoms with Gasteiger partial charge in [-0.15, -0.1) is 0 Å². The Labute approximate surface area is 113 Å². The zero-order chi connectivity index (χ0) is 14.0. The van der Waals surface area contributed by atoms with Gasteiger partial charge in [0.1, 0.15) is 17.5 Å². The number of hydrogen-bond acceptors (Lipinski definition) is 1. The van der Waals surface area contributed by atoms with Crippen molar-refractivity contribution in [3.8, 4) is 0 Å². The normalized spacial score (nSPS) is 12.5. The summed E-state index contributed by atoms with van der Waals surface area (Å²) in [5, 5.41) is 9.81. The lowest BCUT2D eigenvalue weighted by atomic mass is 10.0. The smallest absolute Gasteiger partial charge is 0.147 e. The summed E-state index contributed by atoms with van der Waals surface area (Å²) in [5.74, 6) is -2.21. The van der Waals surface area contributed by atoms with E-state index in [1.165, 1.54) is 18.2 Å². The molecule has 1 nitrogen and oxygen atoms in total. The summed E-state index contributed by atoms with van der Waals surface area (Å²) >= 11 is 5.61. The molecule has 1 unspecified atom stereocenters. The number of benzene rings is 2. The highest BCUT2D eigenvalue weighted by molar-refractivity contribution is 6.30. The fourth-order valence-electron chi connectivity index (χ4n) is 1.84. The zero-order valence-electron chi connectivity index (χ0n) is 9.71. The molecule has 0 radical (unpaired) electrons. The van der Waals surface area contributed by atoms with E-state index < -0.39 is 23.6 Å².